The second-order valence-corrected chi connectivity index (χ2v) is 8.10. The lowest BCUT2D eigenvalue weighted by Gasteiger charge is -2.29. The van der Waals surface area contributed by atoms with Gasteiger partial charge in [0.15, 0.2) is 0 Å². The van der Waals surface area contributed by atoms with Crippen LogP contribution in [0.25, 0.3) is 0 Å². The Kier molecular flexibility index (Phi) is 6.20. The number of anilines is 2. The quantitative estimate of drug-likeness (QED) is 0.563. The molecule has 2 heterocycles. The molecule has 0 bridgehead atoms. The van der Waals surface area contributed by atoms with Crippen LogP contribution in [0.1, 0.15) is 44.4 Å². The van der Waals surface area contributed by atoms with E-state index in [1.807, 2.05) is 31.2 Å². The van der Waals surface area contributed by atoms with Crippen LogP contribution in [0.5, 0.6) is 0 Å². The van der Waals surface area contributed by atoms with E-state index in [9.17, 15) is 14.4 Å². The molecule has 30 heavy (non-hydrogen) atoms. The van der Waals surface area contributed by atoms with Crippen molar-refractivity contribution in [3.63, 3.8) is 0 Å². The van der Waals surface area contributed by atoms with E-state index in [-0.39, 0.29) is 17.9 Å². The van der Waals surface area contributed by atoms with Crippen molar-refractivity contribution in [2.45, 2.75) is 39.7 Å². The van der Waals surface area contributed by atoms with Crippen LogP contribution >= 0.6 is 0 Å². The van der Waals surface area contributed by atoms with Crippen LogP contribution in [0.2, 0.25) is 0 Å². The maximum Gasteiger partial charge on any atom is 0.241 e. The highest BCUT2D eigenvalue weighted by molar-refractivity contribution is 6.19. The second-order valence-electron chi connectivity index (χ2n) is 8.10. The molecule has 1 unspecified atom stereocenters. The van der Waals surface area contributed by atoms with Crippen LogP contribution in [0.4, 0.5) is 11.4 Å². The molecule has 1 aliphatic heterocycles. The van der Waals surface area contributed by atoms with E-state index < -0.39 is 5.41 Å². The molecule has 7 nitrogen and oxygen atoms in total. The van der Waals surface area contributed by atoms with Crippen molar-refractivity contribution in [3.05, 3.63) is 53.9 Å². The minimum absolute atomic E-state index is 0.139. The fraction of sp³-hybridized carbons (Fsp3) is 0.391. The lowest BCUT2D eigenvalue weighted by atomic mass is 9.91. The number of rotatable bonds is 7. The van der Waals surface area contributed by atoms with Crippen LogP contribution in [0.15, 0.2) is 42.7 Å². The van der Waals surface area contributed by atoms with Gasteiger partial charge in [-0.25, -0.2) is 0 Å². The van der Waals surface area contributed by atoms with Crippen LogP contribution in [0, 0.1) is 5.41 Å². The zero-order valence-corrected chi connectivity index (χ0v) is 17.9. The number of hydrogen-bond donors (Lipinski definition) is 1. The van der Waals surface area contributed by atoms with Crippen molar-refractivity contribution in [1.29, 1.82) is 0 Å². The van der Waals surface area contributed by atoms with E-state index in [0.29, 0.717) is 24.3 Å². The number of benzene rings is 1. The summed E-state index contributed by atoms with van der Waals surface area (Å²) in [7, 11) is 1.67. The third-order valence-electron chi connectivity index (χ3n) is 5.73. The van der Waals surface area contributed by atoms with Crippen molar-refractivity contribution < 1.29 is 14.4 Å². The first-order valence-corrected chi connectivity index (χ1v) is 10.1. The molecule has 1 aliphatic rings. The van der Waals surface area contributed by atoms with Gasteiger partial charge < -0.3 is 15.1 Å². The average Bonchev–Trinajstić information content (AvgIpc) is 2.81. The molecule has 2 aromatic rings. The number of amides is 3. The van der Waals surface area contributed by atoms with Gasteiger partial charge in [0, 0.05) is 26.0 Å². The van der Waals surface area contributed by atoms with E-state index in [1.54, 1.807) is 44.3 Å². The molecule has 1 aromatic carbocycles. The first-order valence-electron chi connectivity index (χ1n) is 10.1. The van der Waals surface area contributed by atoms with E-state index in [0.717, 1.165) is 24.0 Å². The van der Waals surface area contributed by atoms with Crippen molar-refractivity contribution in [2.24, 2.45) is 5.41 Å². The van der Waals surface area contributed by atoms with Gasteiger partial charge in [0.2, 0.25) is 18.2 Å². The van der Waals surface area contributed by atoms with Gasteiger partial charge in [-0.3, -0.25) is 19.4 Å². The van der Waals surface area contributed by atoms with Gasteiger partial charge in [0.25, 0.3) is 0 Å². The van der Waals surface area contributed by atoms with Crippen molar-refractivity contribution in [1.82, 2.24) is 9.88 Å². The van der Waals surface area contributed by atoms with Crippen LogP contribution < -0.4 is 10.2 Å². The van der Waals surface area contributed by atoms with Crippen LogP contribution in [-0.2, 0) is 20.8 Å². The summed E-state index contributed by atoms with van der Waals surface area (Å²) in [5.41, 5.74) is 2.05. The molecule has 7 heteroatoms. The summed E-state index contributed by atoms with van der Waals surface area (Å²) in [5.74, 6) is -0.600. The van der Waals surface area contributed by atoms with Crippen LogP contribution in [0.3, 0.4) is 0 Å². The monoisotopic (exact) mass is 408 g/mol. The molecule has 0 spiro atoms. The molecule has 0 fully saturated rings. The van der Waals surface area contributed by atoms with E-state index in [1.165, 1.54) is 4.90 Å². The summed E-state index contributed by atoms with van der Waals surface area (Å²) in [4.78, 5) is 44.6. The summed E-state index contributed by atoms with van der Waals surface area (Å²) in [6.07, 6.45) is 5.83. The zero-order chi connectivity index (χ0) is 21.9. The predicted molar refractivity (Wildman–Crippen MR) is 116 cm³/mol. The Morgan fingerprint density at radius 3 is 2.67 bits per heavy atom. The lowest BCUT2D eigenvalue weighted by molar-refractivity contribution is -0.136. The highest BCUT2D eigenvalue weighted by atomic mass is 16.2. The Labute approximate surface area is 177 Å². The number of carbonyl (C=O) groups excluding carboxylic acids is 3. The molecular formula is C23H28N4O3. The number of nitrogens with zero attached hydrogens (tertiary/aromatic N) is 3. The van der Waals surface area contributed by atoms with Gasteiger partial charge in [-0.1, -0.05) is 19.1 Å². The second kappa shape index (κ2) is 8.65. The molecule has 158 valence electrons. The summed E-state index contributed by atoms with van der Waals surface area (Å²) < 4.78 is 0. The fourth-order valence-electron chi connectivity index (χ4n) is 3.79. The van der Waals surface area contributed by atoms with Crippen molar-refractivity contribution >= 4 is 29.6 Å². The van der Waals surface area contributed by atoms with Gasteiger partial charge in [0.05, 0.1) is 17.4 Å². The number of pyridine rings is 1. The first-order chi connectivity index (χ1) is 14.3. The van der Waals surface area contributed by atoms with Gasteiger partial charge in [-0.15, -0.1) is 0 Å². The zero-order valence-electron chi connectivity index (χ0n) is 17.9. The number of nitrogens with one attached hydrogen (secondary N) is 1. The molecule has 0 radical (unpaired) electrons. The summed E-state index contributed by atoms with van der Waals surface area (Å²) in [5, 5.41) is 2.86. The Balaban J connectivity index is 1.89. The first kappa shape index (κ1) is 21.5. The average molecular weight is 409 g/mol. The van der Waals surface area contributed by atoms with Gasteiger partial charge in [0.1, 0.15) is 5.41 Å². The van der Waals surface area contributed by atoms with E-state index in [2.05, 4.69) is 10.3 Å². The van der Waals surface area contributed by atoms with Crippen molar-refractivity contribution in [2.75, 3.05) is 23.8 Å². The van der Waals surface area contributed by atoms with E-state index >= 15 is 0 Å². The molecule has 1 N–H and O–H groups in total. The highest BCUT2D eigenvalue weighted by Gasteiger charge is 2.42. The van der Waals surface area contributed by atoms with E-state index in [4.69, 9.17) is 0 Å². The normalized spacial score (nSPS) is 16.3. The topological polar surface area (TPSA) is 82.6 Å². The molecule has 0 saturated heterocycles. The Bertz CT molecular complexity index is 943. The predicted octanol–water partition coefficient (Wildman–Crippen LogP) is 3.17. The Morgan fingerprint density at radius 1 is 1.27 bits per heavy atom. The SMILES string of the molecule is CCC(c1ccc2c(c1)N(C)C(=O)C(C)(C)C(=O)N2)N(C=O)CCc1cccnc1. The number of fused-ring (bicyclic) bond motifs is 1. The standard InChI is InChI=1S/C23H28N4O3/c1-5-19(27(15-28)12-10-16-7-6-11-24-14-16)17-8-9-18-20(13-17)26(4)22(30)23(2,3)21(29)25-18/h6-9,11,13-15,19H,5,10,12H2,1-4H3,(H,25,29). The summed E-state index contributed by atoms with van der Waals surface area (Å²) in [6.45, 7) is 5.82. The lowest BCUT2D eigenvalue weighted by Crippen LogP contribution is -2.43. The molecule has 1 atom stereocenters. The van der Waals surface area contributed by atoms with Crippen LogP contribution in [-0.4, -0.2) is 41.7 Å². The number of carbonyl (C=O) groups is 3. The molecule has 3 rings (SSSR count). The van der Waals surface area contributed by atoms with Gasteiger partial charge >= 0.3 is 0 Å². The molecule has 0 aliphatic carbocycles. The summed E-state index contributed by atoms with van der Waals surface area (Å²) in [6, 6.07) is 9.34. The smallest absolute Gasteiger partial charge is 0.241 e. The minimum atomic E-state index is -1.16. The highest BCUT2D eigenvalue weighted by Crippen LogP contribution is 2.37. The number of aromatic nitrogens is 1. The fourth-order valence-corrected chi connectivity index (χ4v) is 3.79. The summed E-state index contributed by atoms with van der Waals surface area (Å²) >= 11 is 0. The minimum Gasteiger partial charge on any atom is -0.338 e. The maximum absolute atomic E-state index is 12.8. The largest absolute Gasteiger partial charge is 0.338 e. The molecule has 1 aromatic heterocycles. The number of hydrogen-bond acceptors (Lipinski definition) is 4. The third kappa shape index (κ3) is 4.06. The molecular weight excluding hydrogens is 380 g/mol. The third-order valence-corrected chi connectivity index (χ3v) is 5.73. The molecule has 0 saturated carbocycles. The maximum atomic E-state index is 12.8. The van der Waals surface area contributed by atoms with Gasteiger partial charge in [-0.05, 0) is 56.0 Å². The Hall–Kier alpha value is -3.22. The van der Waals surface area contributed by atoms with Gasteiger partial charge in [-0.2, -0.15) is 0 Å². The van der Waals surface area contributed by atoms with Crippen molar-refractivity contribution in [3.8, 4) is 0 Å². The molecule has 3 amide bonds. The Morgan fingerprint density at radius 2 is 2.03 bits per heavy atom.